The molecule has 0 aliphatic carbocycles. The summed E-state index contributed by atoms with van der Waals surface area (Å²) in [6.45, 7) is 4.43. The first-order chi connectivity index (χ1) is 5.66. The molecule has 0 saturated carbocycles. The number of piperazine rings is 1. The van der Waals surface area contributed by atoms with Crippen LogP contribution in [0.2, 0.25) is 0 Å². The topological polar surface area (TPSA) is 49.4 Å². The maximum Gasteiger partial charge on any atom is 0.243 e. The summed E-state index contributed by atoms with van der Waals surface area (Å²) < 4.78 is 0. The molecule has 68 valence electrons. The Hall–Kier alpha value is -0.900. The fourth-order valence-electron chi connectivity index (χ4n) is 1.26. The van der Waals surface area contributed by atoms with Crippen molar-refractivity contribution >= 4 is 11.8 Å². The molecule has 1 unspecified atom stereocenters. The number of carbonyl (C=O) groups excluding carboxylic acids is 2. The van der Waals surface area contributed by atoms with E-state index in [9.17, 15) is 9.59 Å². The van der Waals surface area contributed by atoms with Gasteiger partial charge in [0.1, 0.15) is 0 Å². The smallest absolute Gasteiger partial charge is 0.243 e. The van der Waals surface area contributed by atoms with Crippen LogP contribution in [0.3, 0.4) is 0 Å². The van der Waals surface area contributed by atoms with Crippen molar-refractivity contribution in [3.8, 4) is 0 Å². The number of amides is 2. The second-order valence-electron chi connectivity index (χ2n) is 3.02. The second kappa shape index (κ2) is 3.67. The van der Waals surface area contributed by atoms with Gasteiger partial charge in [0.25, 0.3) is 0 Å². The average Bonchev–Trinajstić information content (AvgIpc) is 2.03. The molecular formula is C8H14N2O2. The molecule has 1 rings (SSSR count). The normalized spacial score (nSPS) is 21.3. The van der Waals surface area contributed by atoms with E-state index in [4.69, 9.17) is 0 Å². The van der Waals surface area contributed by atoms with Crippen molar-refractivity contribution < 1.29 is 9.59 Å². The first-order valence-corrected chi connectivity index (χ1v) is 4.22. The predicted octanol–water partition coefficient (Wildman–Crippen LogP) is -0.257. The number of rotatable bonds is 2. The molecule has 1 N–H and O–H groups in total. The Morgan fingerprint density at radius 2 is 1.92 bits per heavy atom. The molecule has 1 aliphatic rings. The molecule has 4 nitrogen and oxygen atoms in total. The maximum atomic E-state index is 11.2. The molecule has 0 aromatic carbocycles. The minimum Gasteiger partial charge on any atom is -0.300 e. The highest BCUT2D eigenvalue weighted by Crippen LogP contribution is 2.06. The Morgan fingerprint density at radius 1 is 1.42 bits per heavy atom. The molecule has 1 atom stereocenters. The molecule has 12 heavy (non-hydrogen) atoms. The average molecular weight is 170 g/mol. The van der Waals surface area contributed by atoms with Crippen molar-refractivity contribution in [3.63, 3.8) is 0 Å². The lowest BCUT2D eigenvalue weighted by Gasteiger charge is -2.30. The third-order valence-electron chi connectivity index (χ3n) is 2.12. The van der Waals surface area contributed by atoms with E-state index in [2.05, 4.69) is 5.32 Å². The molecule has 0 aromatic heterocycles. The van der Waals surface area contributed by atoms with Gasteiger partial charge in [0, 0.05) is 6.04 Å². The van der Waals surface area contributed by atoms with E-state index in [1.54, 1.807) is 0 Å². The predicted molar refractivity (Wildman–Crippen MR) is 44.5 cm³/mol. The fraction of sp³-hybridized carbons (Fsp3) is 0.750. The Bertz CT molecular complexity index is 187. The second-order valence-corrected chi connectivity index (χ2v) is 3.02. The van der Waals surface area contributed by atoms with E-state index in [1.165, 1.54) is 4.90 Å². The van der Waals surface area contributed by atoms with Crippen LogP contribution in [0.25, 0.3) is 0 Å². The number of nitrogens with zero attached hydrogens (tertiary/aromatic N) is 1. The van der Waals surface area contributed by atoms with Gasteiger partial charge in [-0.3, -0.25) is 19.8 Å². The molecule has 2 amide bonds. The number of imide groups is 1. The van der Waals surface area contributed by atoms with Gasteiger partial charge in [-0.2, -0.15) is 0 Å². The fourth-order valence-corrected chi connectivity index (χ4v) is 1.26. The third kappa shape index (κ3) is 1.64. The van der Waals surface area contributed by atoms with Crippen LogP contribution in [0, 0.1) is 0 Å². The SMILES string of the molecule is CCC(C)N1C(=O)CNCC1=O. The van der Waals surface area contributed by atoms with Crippen molar-refractivity contribution in [1.29, 1.82) is 0 Å². The largest absolute Gasteiger partial charge is 0.300 e. The monoisotopic (exact) mass is 170 g/mol. The number of hydrogen-bond acceptors (Lipinski definition) is 3. The van der Waals surface area contributed by atoms with Crippen LogP contribution in [0.1, 0.15) is 20.3 Å². The lowest BCUT2D eigenvalue weighted by molar-refractivity contribution is -0.149. The summed E-state index contributed by atoms with van der Waals surface area (Å²) in [6.07, 6.45) is 0.817. The van der Waals surface area contributed by atoms with Crippen molar-refractivity contribution in [2.75, 3.05) is 13.1 Å². The first kappa shape index (κ1) is 9.19. The Balaban J connectivity index is 2.69. The molecule has 1 saturated heterocycles. The molecular weight excluding hydrogens is 156 g/mol. The number of carbonyl (C=O) groups is 2. The summed E-state index contributed by atoms with van der Waals surface area (Å²) in [5.74, 6) is -0.221. The molecule has 0 bridgehead atoms. The first-order valence-electron chi connectivity index (χ1n) is 4.22. The summed E-state index contributed by atoms with van der Waals surface area (Å²) in [5.41, 5.74) is 0. The van der Waals surface area contributed by atoms with Gasteiger partial charge in [-0.1, -0.05) is 6.92 Å². The van der Waals surface area contributed by atoms with Crippen LogP contribution < -0.4 is 5.32 Å². The van der Waals surface area contributed by atoms with Crippen LogP contribution >= 0.6 is 0 Å². The summed E-state index contributed by atoms with van der Waals surface area (Å²) in [6, 6.07) is 0.0344. The minimum atomic E-state index is -0.111. The number of hydrogen-bond donors (Lipinski definition) is 1. The standard InChI is InChI=1S/C8H14N2O2/c1-3-6(2)10-7(11)4-9-5-8(10)12/h6,9H,3-5H2,1-2H3. The van der Waals surface area contributed by atoms with E-state index in [0.29, 0.717) is 0 Å². The summed E-state index contributed by atoms with van der Waals surface area (Å²) in [5, 5.41) is 2.75. The molecule has 1 heterocycles. The van der Waals surface area contributed by atoms with Gasteiger partial charge in [0.2, 0.25) is 11.8 Å². The van der Waals surface area contributed by atoms with Gasteiger partial charge < -0.3 is 0 Å². The summed E-state index contributed by atoms with van der Waals surface area (Å²) in [4.78, 5) is 23.9. The Kier molecular flexibility index (Phi) is 2.81. The molecule has 0 spiro atoms. The van der Waals surface area contributed by atoms with E-state index in [-0.39, 0.29) is 30.9 Å². The summed E-state index contributed by atoms with van der Waals surface area (Å²) in [7, 11) is 0. The van der Waals surface area contributed by atoms with Crippen LogP contribution in [0.15, 0.2) is 0 Å². The van der Waals surface area contributed by atoms with E-state index in [1.807, 2.05) is 13.8 Å². The van der Waals surface area contributed by atoms with Gasteiger partial charge in [-0.25, -0.2) is 0 Å². The lowest BCUT2D eigenvalue weighted by atomic mass is 10.2. The van der Waals surface area contributed by atoms with Crippen LogP contribution in [-0.2, 0) is 9.59 Å². The molecule has 4 heteroatoms. The highest BCUT2D eigenvalue weighted by molar-refractivity contribution is 5.99. The van der Waals surface area contributed by atoms with Crippen LogP contribution in [0.4, 0.5) is 0 Å². The van der Waals surface area contributed by atoms with Crippen molar-refractivity contribution in [3.05, 3.63) is 0 Å². The van der Waals surface area contributed by atoms with Crippen molar-refractivity contribution in [1.82, 2.24) is 10.2 Å². The minimum absolute atomic E-state index is 0.0344. The van der Waals surface area contributed by atoms with Crippen LogP contribution in [-0.4, -0.2) is 35.8 Å². The van der Waals surface area contributed by atoms with Crippen molar-refractivity contribution in [2.24, 2.45) is 0 Å². The Morgan fingerprint density at radius 3 is 2.33 bits per heavy atom. The van der Waals surface area contributed by atoms with Gasteiger partial charge in [-0.15, -0.1) is 0 Å². The molecule has 1 aliphatic heterocycles. The van der Waals surface area contributed by atoms with Gasteiger partial charge in [-0.05, 0) is 13.3 Å². The zero-order valence-electron chi connectivity index (χ0n) is 7.46. The van der Waals surface area contributed by atoms with Crippen molar-refractivity contribution in [2.45, 2.75) is 26.3 Å². The van der Waals surface area contributed by atoms with E-state index in [0.717, 1.165) is 6.42 Å². The van der Waals surface area contributed by atoms with E-state index >= 15 is 0 Å². The summed E-state index contributed by atoms with van der Waals surface area (Å²) >= 11 is 0. The van der Waals surface area contributed by atoms with Gasteiger partial charge in [0.05, 0.1) is 13.1 Å². The van der Waals surface area contributed by atoms with Gasteiger partial charge >= 0.3 is 0 Å². The highest BCUT2D eigenvalue weighted by Gasteiger charge is 2.28. The molecule has 0 radical (unpaired) electrons. The zero-order valence-corrected chi connectivity index (χ0v) is 7.46. The number of nitrogens with one attached hydrogen (secondary N) is 1. The lowest BCUT2D eigenvalue weighted by Crippen LogP contribution is -2.55. The third-order valence-corrected chi connectivity index (χ3v) is 2.12. The van der Waals surface area contributed by atoms with Crippen LogP contribution in [0.5, 0.6) is 0 Å². The van der Waals surface area contributed by atoms with E-state index < -0.39 is 0 Å². The van der Waals surface area contributed by atoms with Gasteiger partial charge in [0.15, 0.2) is 0 Å². The zero-order chi connectivity index (χ0) is 9.14. The maximum absolute atomic E-state index is 11.2. The highest BCUT2D eigenvalue weighted by atomic mass is 16.2. The quantitative estimate of drug-likeness (QED) is 0.581. The molecule has 1 fully saturated rings. The Labute approximate surface area is 71.9 Å². The molecule has 0 aromatic rings.